The van der Waals surface area contributed by atoms with Crippen LogP contribution in [0.3, 0.4) is 0 Å². The fourth-order valence-electron chi connectivity index (χ4n) is 3.49. The Bertz CT molecular complexity index is 876. The number of hydrogen-bond donors (Lipinski definition) is 4. The van der Waals surface area contributed by atoms with Crippen LogP contribution in [0.25, 0.3) is 0 Å². The smallest absolute Gasteiger partial charge is 0.243 e. The molecule has 0 unspecified atom stereocenters. The van der Waals surface area contributed by atoms with Crippen LogP contribution in [-0.4, -0.2) is 42.0 Å². The number of phenols is 1. The van der Waals surface area contributed by atoms with Gasteiger partial charge < -0.3 is 21.1 Å². The molecule has 0 heterocycles. The summed E-state index contributed by atoms with van der Waals surface area (Å²) in [6.07, 6.45) is 2.39. The fourth-order valence-corrected chi connectivity index (χ4v) is 3.49. The molecule has 2 rings (SSSR count). The molecule has 0 radical (unpaired) electrons. The normalized spacial score (nSPS) is 12.5. The molecule has 2 aromatic carbocycles. The van der Waals surface area contributed by atoms with Gasteiger partial charge in [-0.25, -0.2) is 0 Å². The molecule has 2 atom stereocenters. The standard InChI is InChI=1S/C24H31N3O4/c1-16-12-20(29)13-17(2)21(16)14-22(26-15-28)24(31)27-18(3)23(30)25-11-7-10-19-8-5-4-6-9-19/h4-6,8-9,12-13,15,18,22,29H,7,10-11,14H2,1-3H3,(H,25,30)(H,26,28)(H,27,31)/t18-,22+/m1/s1. The van der Waals surface area contributed by atoms with E-state index in [1.807, 2.05) is 44.2 Å². The van der Waals surface area contributed by atoms with E-state index in [-0.39, 0.29) is 18.1 Å². The molecule has 0 saturated carbocycles. The minimum absolute atomic E-state index is 0.153. The number of phenolic OH excluding ortho intramolecular Hbond substituents is 1. The third-order valence-electron chi connectivity index (χ3n) is 5.21. The minimum Gasteiger partial charge on any atom is -0.508 e. The molecule has 0 fully saturated rings. The van der Waals surface area contributed by atoms with E-state index >= 15 is 0 Å². The first-order chi connectivity index (χ1) is 14.8. The lowest BCUT2D eigenvalue weighted by Crippen LogP contribution is -2.52. The zero-order valence-corrected chi connectivity index (χ0v) is 18.3. The Labute approximate surface area is 183 Å². The maximum atomic E-state index is 12.7. The van der Waals surface area contributed by atoms with Crippen LogP contribution in [0.4, 0.5) is 0 Å². The van der Waals surface area contributed by atoms with Crippen molar-refractivity contribution in [2.24, 2.45) is 0 Å². The predicted molar refractivity (Wildman–Crippen MR) is 120 cm³/mol. The molecule has 4 N–H and O–H groups in total. The molecule has 0 aliphatic rings. The van der Waals surface area contributed by atoms with Gasteiger partial charge in [-0.1, -0.05) is 30.3 Å². The van der Waals surface area contributed by atoms with E-state index in [4.69, 9.17) is 0 Å². The second kappa shape index (κ2) is 11.7. The van der Waals surface area contributed by atoms with E-state index in [1.54, 1.807) is 19.1 Å². The fraction of sp³-hybridized carbons (Fsp3) is 0.375. The van der Waals surface area contributed by atoms with Gasteiger partial charge in [0.15, 0.2) is 0 Å². The van der Waals surface area contributed by atoms with Crippen molar-refractivity contribution in [1.82, 2.24) is 16.0 Å². The first-order valence-electron chi connectivity index (χ1n) is 10.4. The lowest BCUT2D eigenvalue weighted by Gasteiger charge is -2.21. The van der Waals surface area contributed by atoms with Gasteiger partial charge in [0.1, 0.15) is 17.8 Å². The summed E-state index contributed by atoms with van der Waals surface area (Å²) in [6, 6.07) is 11.7. The Balaban J connectivity index is 1.87. The topological polar surface area (TPSA) is 108 Å². The molecule has 7 nitrogen and oxygen atoms in total. The molecular weight excluding hydrogens is 394 g/mol. The summed E-state index contributed by atoms with van der Waals surface area (Å²) in [5, 5.41) is 17.7. The summed E-state index contributed by atoms with van der Waals surface area (Å²) in [6.45, 7) is 5.79. The molecule has 0 aromatic heterocycles. The van der Waals surface area contributed by atoms with Gasteiger partial charge in [-0.3, -0.25) is 14.4 Å². The van der Waals surface area contributed by atoms with E-state index in [0.29, 0.717) is 13.0 Å². The molecule has 0 bridgehead atoms. The van der Waals surface area contributed by atoms with E-state index < -0.39 is 18.0 Å². The zero-order valence-electron chi connectivity index (χ0n) is 18.3. The molecule has 7 heteroatoms. The summed E-state index contributed by atoms with van der Waals surface area (Å²) in [5.41, 5.74) is 3.73. The summed E-state index contributed by atoms with van der Waals surface area (Å²) in [7, 11) is 0. The minimum atomic E-state index is -0.826. The van der Waals surface area contributed by atoms with Crippen molar-refractivity contribution in [2.45, 2.75) is 52.1 Å². The first-order valence-corrected chi connectivity index (χ1v) is 10.4. The van der Waals surface area contributed by atoms with Crippen LogP contribution in [-0.2, 0) is 27.2 Å². The maximum absolute atomic E-state index is 12.7. The largest absolute Gasteiger partial charge is 0.508 e. The van der Waals surface area contributed by atoms with Crippen molar-refractivity contribution < 1.29 is 19.5 Å². The van der Waals surface area contributed by atoms with Gasteiger partial charge in [0, 0.05) is 13.0 Å². The van der Waals surface area contributed by atoms with Crippen molar-refractivity contribution in [3.63, 3.8) is 0 Å². The number of carbonyl (C=O) groups is 3. The lowest BCUT2D eigenvalue weighted by atomic mass is 9.95. The molecule has 31 heavy (non-hydrogen) atoms. The Kier molecular flexibility index (Phi) is 9.06. The number of benzene rings is 2. The predicted octanol–water partition coefficient (Wildman–Crippen LogP) is 1.92. The monoisotopic (exact) mass is 425 g/mol. The second-order valence-electron chi connectivity index (χ2n) is 7.71. The third-order valence-corrected chi connectivity index (χ3v) is 5.21. The first kappa shape index (κ1) is 23.9. The number of aryl methyl sites for hydroxylation is 3. The summed E-state index contributed by atoms with van der Waals surface area (Å²) >= 11 is 0. The van der Waals surface area contributed by atoms with Gasteiger partial charge in [0.05, 0.1) is 0 Å². The van der Waals surface area contributed by atoms with Crippen molar-refractivity contribution >= 4 is 18.2 Å². The zero-order chi connectivity index (χ0) is 22.8. The van der Waals surface area contributed by atoms with Gasteiger partial charge in [0.25, 0.3) is 0 Å². The molecule has 0 saturated heterocycles. The highest BCUT2D eigenvalue weighted by Crippen LogP contribution is 2.22. The highest BCUT2D eigenvalue weighted by Gasteiger charge is 2.24. The molecular formula is C24H31N3O4. The highest BCUT2D eigenvalue weighted by atomic mass is 16.3. The summed E-state index contributed by atoms with van der Waals surface area (Å²) in [5.74, 6) is -0.560. The summed E-state index contributed by atoms with van der Waals surface area (Å²) < 4.78 is 0. The van der Waals surface area contributed by atoms with Gasteiger partial charge in [-0.2, -0.15) is 0 Å². The lowest BCUT2D eigenvalue weighted by molar-refractivity contribution is -0.130. The molecule has 0 aliphatic heterocycles. The SMILES string of the molecule is Cc1cc(O)cc(C)c1C[C@H](NC=O)C(=O)N[C@H](C)C(=O)NCCCc1ccccc1. The molecule has 0 aliphatic carbocycles. The van der Waals surface area contributed by atoms with Crippen LogP contribution in [0, 0.1) is 13.8 Å². The molecule has 2 aromatic rings. The van der Waals surface area contributed by atoms with Gasteiger partial charge >= 0.3 is 0 Å². The van der Waals surface area contributed by atoms with Crippen LogP contribution in [0.5, 0.6) is 5.75 Å². The molecule has 166 valence electrons. The maximum Gasteiger partial charge on any atom is 0.243 e. The van der Waals surface area contributed by atoms with Gasteiger partial charge in [-0.15, -0.1) is 0 Å². The van der Waals surface area contributed by atoms with Crippen molar-refractivity contribution in [3.8, 4) is 5.75 Å². The molecule has 0 spiro atoms. The summed E-state index contributed by atoms with van der Waals surface area (Å²) in [4.78, 5) is 36.1. The Morgan fingerprint density at radius 3 is 2.32 bits per heavy atom. The number of hydrogen-bond acceptors (Lipinski definition) is 4. The number of rotatable bonds is 11. The average Bonchev–Trinajstić information content (AvgIpc) is 2.73. The van der Waals surface area contributed by atoms with Crippen LogP contribution >= 0.6 is 0 Å². The second-order valence-corrected chi connectivity index (χ2v) is 7.71. The third kappa shape index (κ3) is 7.44. The van der Waals surface area contributed by atoms with E-state index in [0.717, 1.165) is 29.5 Å². The Hall–Kier alpha value is -3.35. The molecule has 3 amide bonds. The highest BCUT2D eigenvalue weighted by molar-refractivity contribution is 5.90. The van der Waals surface area contributed by atoms with Crippen LogP contribution < -0.4 is 16.0 Å². The number of amides is 3. The van der Waals surface area contributed by atoms with E-state index in [1.165, 1.54) is 5.56 Å². The number of carbonyl (C=O) groups excluding carboxylic acids is 3. The Morgan fingerprint density at radius 1 is 1.06 bits per heavy atom. The van der Waals surface area contributed by atoms with Gasteiger partial charge in [-0.05, 0) is 68.0 Å². The van der Waals surface area contributed by atoms with E-state index in [2.05, 4.69) is 16.0 Å². The van der Waals surface area contributed by atoms with Crippen LogP contribution in [0.15, 0.2) is 42.5 Å². The van der Waals surface area contributed by atoms with Crippen LogP contribution in [0.1, 0.15) is 35.6 Å². The number of nitrogens with one attached hydrogen (secondary N) is 3. The van der Waals surface area contributed by atoms with Gasteiger partial charge in [0.2, 0.25) is 18.2 Å². The average molecular weight is 426 g/mol. The van der Waals surface area contributed by atoms with Crippen LogP contribution in [0.2, 0.25) is 0 Å². The quantitative estimate of drug-likeness (QED) is 0.326. The number of aromatic hydroxyl groups is 1. The van der Waals surface area contributed by atoms with Crippen molar-refractivity contribution in [3.05, 3.63) is 64.7 Å². The van der Waals surface area contributed by atoms with Crippen molar-refractivity contribution in [1.29, 1.82) is 0 Å². The Morgan fingerprint density at radius 2 is 1.71 bits per heavy atom. The van der Waals surface area contributed by atoms with E-state index in [9.17, 15) is 19.5 Å². The van der Waals surface area contributed by atoms with Crippen molar-refractivity contribution in [2.75, 3.05) is 6.54 Å².